The minimum absolute atomic E-state index is 0.402. The predicted molar refractivity (Wildman–Crippen MR) is 46.9 cm³/mol. The van der Waals surface area contributed by atoms with Gasteiger partial charge >= 0.3 is 0 Å². The van der Waals surface area contributed by atoms with Crippen molar-refractivity contribution < 1.29 is 4.74 Å². The number of nitrogens with zero attached hydrogens (tertiary/aromatic N) is 1. The maximum atomic E-state index is 5.09. The fraction of sp³-hybridized carbons (Fsp3) is 0.667. The van der Waals surface area contributed by atoms with Crippen LogP contribution >= 0.6 is 0 Å². The zero-order valence-corrected chi connectivity index (χ0v) is 7.42. The Morgan fingerprint density at radius 1 is 1.64 bits per heavy atom. The highest BCUT2D eigenvalue weighted by Gasteiger charge is 2.07. The van der Waals surface area contributed by atoms with Crippen molar-refractivity contribution >= 4 is 5.90 Å². The molecule has 62 valence electrons. The van der Waals surface area contributed by atoms with Crippen LogP contribution in [0.25, 0.3) is 0 Å². The van der Waals surface area contributed by atoms with E-state index in [9.17, 15) is 0 Å². The van der Waals surface area contributed by atoms with E-state index in [1.165, 1.54) is 5.57 Å². The molecule has 1 unspecified atom stereocenters. The predicted octanol–water partition coefficient (Wildman–Crippen LogP) is 2.16. The van der Waals surface area contributed by atoms with Crippen molar-refractivity contribution in [2.75, 3.05) is 7.11 Å². The molecule has 1 rings (SSSR count). The molecule has 0 aliphatic carbocycles. The van der Waals surface area contributed by atoms with E-state index >= 15 is 0 Å². The average molecular weight is 153 g/mol. The molecular weight excluding hydrogens is 138 g/mol. The van der Waals surface area contributed by atoms with Crippen molar-refractivity contribution in [3.8, 4) is 0 Å². The molecule has 0 bridgehead atoms. The van der Waals surface area contributed by atoms with Crippen molar-refractivity contribution in [2.24, 2.45) is 4.99 Å². The highest BCUT2D eigenvalue weighted by Crippen LogP contribution is 2.13. The maximum absolute atomic E-state index is 5.09. The molecule has 0 saturated heterocycles. The summed E-state index contributed by atoms with van der Waals surface area (Å²) >= 11 is 0. The van der Waals surface area contributed by atoms with Gasteiger partial charge in [-0.3, -0.25) is 0 Å². The second kappa shape index (κ2) is 3.56. The number of hydrogen-bond donors (Lipinski definition) is 0. The summed E-state index contributed by atoms with van der Waals surface area (Å²) in [6, 6.07) is 0.402. The van der Waals surface area contributed by atoms with Crippen LogP contribution in [0.1, 0.15) is 26.7 Å². The van der Waals surface area contributed by atoms with E-state index in [2.05, 4.69) is 18.8 Å². The SMILES string of the molecule is COC1=NC(C)CCC(C)=C1. The lowest BCUT2D eigenvalue weighted by atomic mass is 10.1. The first-order chi connectivity index (χ1) is 5.22. The van der Waals surface area contributed by atoms with Crippen LogP contribution < -0.4 is 0 Å². The average Bonchev–Trinajstić information content (AvgIpc) is 2.13. The van der Waals surface area contributed by atoms with Gasteiger partial charge in [-0.15, -0.1) is 0 Å². The Kier molecular flexibility index (Phi) is 2.69. The molecule has 0 radical (unpaired) electrons. The second-order valence-electron chi connectivity index (χ2n) is 3.05. The van der Waals surface area contributed by atoms with Crippen molar-refractivity contribution in [2.45, 2.75) is 32.7 Å². The largest absolute Gasteiger partial charge is 0.481 e. The Hall–Kier alpha value is -0.790. The third-order valence-electron chi connectivity index (χ3n) is 1.88. The fourth-order valence-corrected chi connectivity index (χ4v) is 1.15. The van der Waals surface area contributed by atoms with Crippen LogP contribution in [0.4, 0.5) is 0 Å². The zero-order valence-electron chi connectivity index (χ0n) is 7.42. The number of hydrogen-bond acceptors (Lipinski definition) is 2. The molecule has 0 N–H and O–H groups in total. The van der Waals surface area contributed by atoms with Gasteiger partial charge < -0.3 is 4.74 Å². The summed E-state index contributed by atoms with van der Waals surface area (Å²) in [4.78, 5) is 4.36. The Balaban J connectivity index is 2.74. The Morgan fingerprint density at radius 3 is 3.00 bits per heavy atom. The maximum Gasteiger partial charge on any atom is 0.208 e. The molecule has 2 heteroatoms. The summed E-state index contributed by atoms with van der Waals surface area (Å²) in [6.07, 6.45) is 4.29. The standard InChI is InChI=1S/C9H15NO/c1-7-4-5-8(2)10-9(6-7)11-3/h6,8H,4-5H2,1-3H3. The minimum atomic E-state index is 0.402. The molecule has 0 amide bonds. The summed E-state index contributed by atoms with van der Waals surface area (Å²) in [5.74, 6) is 0.771. The van der Waals surface area contributed by atoms with Gasteiger partial charge in [-0.05, 0) is 32.8 Å². The van der Waals surface area contributed by atoms with E-state index < -0.39 is 0 Å². The molecule has 11 heavy (non-hydrogen) atoms. The zero-order chi connectivity index (χ0) is 8.27. The molecule has 0 spiro atoms. The summed E-state index contributed by atoms with van der Waals surface area (Å²) < 4.78 is 5.09. The smallest absolute Gasteiger partial charge is 0.208 e. The number of allylic oxidation sites excluding steroid dienone is 1. The molecule has 0 saturated carbocycles. The number of aliphatic imine (C=N–C) groups is 1. The van der Waals surface area contributed by atoms with E-state index in [1.54, 1.807) is 7.11 Å². The normalized spacial score (nSPS) is 25.2. The van der Waals surface area contributed by atoms with Crippen molar-refractivity contribution in [1.82, 2.24) is 0 Å². The fourth-order valence-electron chi connectivity index (χ4n) is 1.15. The first-order valence-electron chi connectivity index (χ1n) is 4.01. The van der Waals surface area contributed by atoms with Crippen LogP contribution in [-0.2, 0) is 4.74 Å². The van der Waals surface area contributed by atoms with Crippen LogP contribution in [0, 0.1) is 0 Å². The van der Waals surface area contributed by atoms with Crippen molar-refractivity contribution in [1.29, 1.82) is 0 Å². The van der Waals surface area contributed by atoms with Gasteiger partial charge in [-0.25, -0.2) is 4.99 Å². The van der Waals surface area contributed by atoms with Crippen molar-refractivity contribution in [3.63, 3.8) is 0 Å². The topological polar surface area (TPSA) is 21.6 Å². The Bertz CT molecular complexity index is 194. The summed E-state index contributed by atoms with van der Waals surface area (Å²) in [7, 11) is 1.67. The molecule has 0 aromatic carbocycles. The van der Waals surface area contributed by atoms with E-state index in [1.807, 2.05) is 6.08 Å². The Morgan fingerprint density at radius 2 is 2.36 bits per heavy atom. The van der Waals surface area contributed by atoms with Gasteiger partial charge in [0.2, 0.25) is 5.90 Å². The molecule has 1 aliphatic heterocycles. The molecule has 0 fully saturated rings. The monoisotopic (exact) mass is 153 g/mol. The van der Waals surface area contributed by atoms with Gasteiger partial charge in [0.1, 0.15) is 0 Å². The van der Waals surface area contributed by atoms with Crippen LogP contribution in [0.5, 0.6) is 0 Å². The summed E-state index contributed by atoms with van der Waals surface area (Å²) in [6.45, 7) is 4.23. The molecular formula is C9H15NO. The van der Waals surface area contributed by atoms with Gasteiger partial charge in [0.05, 0.1) is 13.2 Å². The third kappa shape index (κ3) is 2.37. The minimum Gasteiger partial charge on any atom is -0.481 e. The first kappa shape index (κ1) is 8.31. The van der Waals surface area contributed by atoms with Crippen molar-refractivity contribution in [3.05, 3.63) is 11.6 Å². The van der Waals surface area contributed by atoms with Crippen LogP contribution in [0.15, 0.2) is 16.6 Å². The Labute approximate surface area is 68.0 Å². The van der Waals surface area contributed by atoms with Gasteiger partial charge in [-0.2, -0.15) is 0 Å². The highest BCUT2D eigenvalue weighted by atomic mass is 16.5. The first-order valence-corrected chi connectivity index (χ1v) is 4.01. The number of methoxy groups -OCH3 is 1. The lowest BCUT2D eigenvalue weighted by Crippen LogP contribution is -2.02. The number of rotatable bonds is 0. The lowest BCUT2D eigenvalue weighted by molar-refractivity contribution is 0.402. The van der Waals surface area contributed by atoms with Gasteiger partial charge in [0.15, 0.2) is 0 Å². The van der Waals surface area contributed by atoms with E-state index in [0.29, 0.717) is 6.04 Å². The van der Waals surface area contributed by atoms with Crippen LogP contribution in [0.2, 0.25) is 0 Å². The van der Waals surface area contributed by atoms with Gasteiger partial charge in [0, 0.05) is 0 Å². The van der Waals surface area contributed by atoms with Gasteiger partial charge in [-0.1, -0.05) is 5.57 Å². The third-order valence-corrected chi connectivity index (χ3v) is 1.88. The van der Waals surface area contributed by atoms with E-state index in [0.717, 1.165) is 18.7 Å². The molecule has 1 aliphatic rings. The van der Waals surface area contributed by atoms with E-state index in [4.69, 9.17) is 4.74 Å². The molecule has 1 heterocycles. The quantitative estimate of drug-likeness (QED) is 0.522. The van der Waals surface area contributed by atoms with Crippen LogP contribution in [-0.4, -0.2) is 19.0 Å². The number of ether oxygens (including phenoxy) is 1. The summed E-state index contributed by atoms with van der Waals surface area (Å²) in [5.41, 5.74) is 1.36. The molecule has 1 atom stereocenters. The summed E-state index contributed by atoms with van der Waals surface area (Å²) in [5, 5.41) is 0. The van der Waals surface area contributed by atoms with Gasteiger partial charge in [0.25, 0.3) is 0 Å². The highest BCUT2D eigenvalue weighted by molar-refractivity contribution is 5.88. The van der Waals surface area contributed by atoms with Crippen LogP contribution in [0.3, 0.4) is 0 Å². The van der Waals surface area contributed by atoms with E-state index in [-0.39, 0.29) is 0 Å². The lowest BCUT2D eigenvalue weighted by Gasteiger charge is -2.02. The molecule has 2 nitrogen and oxygen atoms in total. The second-order valence-corrected chi connectivity index (χ2v) is 3.05. The molecule has 0 aromatic rings. The molecule has 0 aromatic heterocycles.